The molecule has 0 heterocycles. The Morgan fingerprint density at radius 1 is 0.292 bits per heavy atom. The molecule has 0 amide bonds. The first-order valence-corrected chi connectivity index (χ1v) is 10.2. The monoisotopic (exact) mass is 636 g/mol. The molecule has 0 rings (SSSR count). The maximum absolute atomic E-state index is 8.58. The molecule has 0 saturated carbocycles. The topological polar surface area (TPSA) is 321 Å². The van der Waals surface area contributed by atoms with E-state index in [0.717, 1.165) is 0 Å². The van der Waals surface area contributed by atoms with Gasteiger partial charge in [-0.3, -0.25) is 0 Å². The molecule has 16 nitrogen and oxygen atoms in total. The molecular weight excluding hydrogens is 636 g/mol. The zero-order chi connectivity index (χ0) is 18.0. The molecule has 0 aliphatic rings. The van der Waals surface area contributed by atoms with Crippen LogP contribution in [-0.2, 0) is 84.2 Å². The van der Waals surface area contributed by atoms with E-state index in [2.05, 4.69) is 0 Å². The first-order chi connectivity index (χ1) is 8.00. The molecule has 24 heavy (non-hydrogen) atoms. The third-order valence-electron chi connectivity index (χ3n) is 0. The van der Waals surface area contributed by atoms with Crippen LogP contribution in [0.2, 0.25) is 0 Å². The van der Waals surface area contributed by atoms with E-state index in [9.17, 15) is 0 Å². The summed E-state index contributed by atoms with van der Waals surface area (Å²) in [6.45, 7) is 0. The van der Waals surface area contributed by atoms with Crippen LogP contribution in [0.15, 0.2) is 0 Å². The van der Waals surface area contributed by atoms with Crippen molar-refractivity contribution in [1.29, 1.82) is 0 Å². The molecule has 0 aliphatic heterocycles. The third kappa shape index (κ3) is 691. The minimum atomic E-state index is -5.62. The van der Waals surface area contributed by atoms with Crippen LogP contribution in [0.5, 0.6) is 0 Å². The fourth-order valence-electron chi connectivity index (χ4n) is 0. The van der Waals surface area contributed by atoms with Gasteiger partial charge in [-0.15, -0.1) is 0 Å². The molecule has 24 heteroatoms. The second-order valence-corrected chi connectivity index (χ2v) is 6.23. The van der Waals surface area contributed by atoms with Crippen molar-refractivity contribution in [3.63, 3.8) is 0 Å². The van der Waals surface area contributed by atoms with Crippen LogP contribution in [-0.4, -0.2) is 151 Å². The quantitative estimate of drug-likeness (QED) is 0.223. The predicted octanol–water partition coefficient (Wildman–Crippen LogP) is -12.0. The molecule has 0 spiro atoms. The Balaban J connectivity index is -0.0000000225. The average molecular weight is 636 g/mol. The Hall–Kier alpha value is 5.20. The minimum absolute atomic E-state index is 0. The van der Waals surface area contributed by atoms with E-state index in [1.807, 2.05) is 0 Å². The van der Waals surface area contributed by atoms with Crippen LogP contribution >= 0.6 is 0 Å². The normalized spacial score (nSPS) is 9.67. The summed E-state index contributed by atoms with van der Waals surface area (Å²) in [6.07, 6.45) is 0. The second-order valence-electron chi connectivity index (χ2n) is 1.51. The molecule has 0 unspecified atom stereocenters. The van der Waals surface area contributed by atoms with Gasteiger partial charge in [-0.05, 0) is 0 Å². The van der Waals surface area contributed by atoms with Crippen molar-refractivity contribution in [2.45, 2.75) is 0 Å². The molecule has 0 bridgehead atoms. The standard InChI is InChI=1S/4Ca.4Mn.16O/q4*+2;;;;;;;;;;;;;8*-1. The summed E-state index contributed by atoms with van der Waals surface area (Å²) in [5, 5.41) is 0. The molecule has 0 aromatic heterocycles. The van der Waals surface area contributed by atoms with Crippen LogP contribution < -0.4 is 33.5 Å². The van der Waals surface area contributed by atoms with Gasteiger partial charge in [0, 0.05) is 0 Å². The first kappa shape index (κ1) is 51.7. The Kier molecular flexibility index (Phi) is 52.7. The van der Waals surface area contributed by atoms with Crippen molar-refractivity contribution in [1.82, 2.24) is 0 Å². The van der Waals surface area contributed by atoms with E-state index in [1.54, 1.807) is 0 Å². The van der Waals surface area contributed by atoms with E-state index >= 15 is 0 Å². The van der Waals surface area contributed by atoms with Crippen LogP contribution in [0.4, 0.5) is 0 Å². The Morgan fingerprint density at radius 3 is 0.292 bits per heavy atom. The van der Waals surface area contributed by atoms with Crippen LogP contribution in [0.1, 0.15) is 0 Å². The van der Waals surface area contributed by atoms with Crippen LogP contribution in [0.25, 0.3) is 0 Å². The van der Waals surface area contributed by atoms with Gasteiger partial charge in [-0.1, -0.05) is 0 Å². The number of rotatable bonds is 0. The molecule has 0 aliphatic carbocycles. The van der Waals surface area contributed by atoms with Gasteiger partial charge in [0.25, 0.3) is 0 Å². The Morgan fingerprint density at radius 2 is 0.292 bits per heavy atom. The zero-order valence-electron chi connectivity index (χ0n) is 10.9. The van der Waals surface area contributed by atoms with Gasteiger partial charge >= 0.3 is 269 Å². The first-order valence-electron chi connectivity index (χ1n) is 2.47. The molecule has 0 aromatic carbocycles. The fraction of sp³-hybridized carbons (Fsp3) is 0. The molecule has 0 atom stereocenters. The van der Waals surface area contributed by atoms with E-state index in [0.29, 0.717) is 0 Å². The SMILES string of the molecule is [Ca+2].[Ca+2].[Ca+2].[Ca+2].[O]=[Mn](=[O])([O-])[O-].[O]=[Mn](=[O])([O-])[O-].[O]=[Mn](=[O])([O-])[O-].[O]=[Mn](=[O])([O-])[O-]. The summed E-state index contributed by atoms with van der Waals surface area (Å²) in [5.74, 6) is 0. The summed E-state index contributed by atoms with van der Waals surface area (Å²) >= 11 is -22.5. The molecule has 0 fully saturated rings. The summed E-state index contributed by atoms with van der Waals surface area (Å²) < 4.78 is 137. The molecule has 132 valence electrons. The van der Waals surface area contributed by atoms with Gasteiger partial charge < -0.3 is 0 Å². The molecular formula is Ca4Mn4O16. The predicted molar refractivity (Wildman–Crippen MR) is 28.5 cm³/mol. The average Bonchev–Trinajstić information content (AvgIpc) is 1.62. The van der Waals surface area contributed by atoms with Gasteiger partial charge in [0.1, 0.15) is 0 Å². The van der Waals surface area contributed by atoms with Crippen LogP contribution in [0, 0.1) is 0 Å². The van der Waals surface area contributed by atoms with Gasteiger partial charge in [0.15, 0.2) is 0 Å². The van der Waals surface area contributed by atoms with Gasteiger partial charge in [0.05, 0.1) is 0 Å². The van der Waals surface area contributed by atoms with Gasteiger partial charge in [0.2, 0.25) is 0 Å². The van der Waals surface area contributed by atoms with Crippen molar-refractivity contribution in [3.05, 3.63) is 0 Å². The molecule has 0 radical (unpaired) electrons. The van der Waals surface area contributed by atoms with E-state index < -0.39 is 53.5 Å². The number of hydrogen-bond donors (Lipinski definition) is 0. The zero-order valence-corrected chi connectivity index (χ0v) is 24.4. The van der Waals surface area contributed by atoms with Crippen molar-refractivity contribution in [2.75, 3.05) is 0 Å². The molecule has 0 aromatic rings. The summed E-state index contributed by atoms with van der Waals surface area (Å²) in [7, 11) is 0. The van der Waals surface area contributed by atoms with Gasteiger partial charge in [-0.2, -0.15) is 0 Å². The number of hydrogen-bond acceptors (Lipinski definition) is 16. The summed E-state index contributed by atoms with van der Waals surface area (Å²) in [6, 6.07) is 0. The third-order valence-corrected chi connectivity index (χ3v) is 0. The van der Waals surface area contributed by atoms with Crippen molar-refractivity contribution >= 4 is 151 Å². The van der Waals surface area contributed by atoms with Gasteiger partial charge in [-0.25, -0.2) is 0 Å². The van der Waals surface area contributed by atoms with E-state index in [4.69, 9.17) is 64.2 Å². The molecule has 0 N–H and O–H groups in total. The van der Waals surface area contributed by atoms with Crippen molar-refractivity contribution < 1.29 is 118 Å². The maximum atomic E-state index is 8.58. The van der Waals surface area contributed by atoms with Crippen molar-refractivity contribution in [3.8, 4) is 0 Å². The van der Waals surface area contributed by atoms with Crippen molar-refractivity contribution in [2.24, 2.45) is 0 Å². The Bertz CT molecular complexity index is 483. The van der Waals surface area contributed by atoms with Crippen LogP contribution in [0.3, 0.4) is 0 Å². The summed E-state index contributed by atoms with van der Waals surface area (Å²) in [4.78, 5) is 0. The molecule has 0 saturated heterocycles. The van der Waals surface area contributed by atoms with E-state index in [1.165, 1.54) is 0 Å². The second kappa shape index (κ2) is 24.5. The summed E-state index contributed by atoms with van der Waals surface area (Å²) in [5.41, 5.74) is 0. The fourth-order valence-corrected chi connectivity index (χ4v) is 0. The Labute approximate surface area is 262 Å². The van der Waals surface area contributed by atoms with E-state index in [-0.39, 0.29) is 151 Å².